The number of halogens is 4. The number of hydrogen-bond donors (Lipinski definition) is 0. The second-order valence-corrected chi connectivity index (χ2v) is 9.51. The number of alkyl halides is 3. The number of piperidine rings is 1. The van der Waals surface area contributed by atoms with Gasteiger partial charge in [0.05, 0.1) is 24.6 Å². The lowest BCUT2D eigenvalue weighted by molar-refractivity contribution is -0.186. The maximum atomic E-state index is 13.7. The van der Waals surface area contributed by atoms with Gasteiger partial charge in [0.1, 0.15) is 11.5 Å². The van der Waals surface area contributed by atoms with Gasteiger partial charge in [-0.1, -0.05) is 41.6 Å². The normalized spacial score (nSPS) is 14.3. The molecule has 0 aliphatic carbocycles. The van der Waals surface area contributed by atoms with Crippen LogP contribution >= 0.6 is 0 Å². The molecular weight excluding hydrogens is 528 g/mol. The molecule has 1 saturated heterocycles. The highest BCUT2D eigenvalue weighted by Gasteiger charge is 2.43. The first kappa shape index (κ1) is 27.0. The highest BCUT2D eigenvalue weighted by atomic mass is 19.4. The Bertz CT molecular complexity index is 1540. The maximum Gasteiger partial charge on any atom is 0.471 e. The van der Waals surface area contributed by atoms with Crippen molar-refractivity contribution in [2.75, 3.05) is 20.2 Å². The van der Waals surface area contributed by atoms with Crippen LogP contribution < -0.4 is 0 Å². The zero-order valence-corrected chi connectivity index (χ0v) is 21.4. The summed E-state index contributed by atoms with van der Waals surface area (Å²) in [6.07, 6.45) is -2.36. The third-order valence-electron chi connectivity index (χ3n) is 6.96. The van der Waals surface area contributed by atoms with Crippen molar-refractivity contribution in [3.05, 3.63) is 89.9 Å². The zero-order chi connectivity index (χ0) is 28.4. The number of amides is 1. The molecule has 1 amide bonds. The van der Waals surface area contributed by atoms with Crippen molar-refractivity contribution in [2.45, 2.75) is 24.9 Å². The number of esters is 1. The van der Waals surface area contributed by atoms with Gasteiger partial charge in [0.25, 0.3) is 0 Å². The SMILES string of the molecule is COC(=O)c1cc(-c2ccc(C3CCN(C(=O)C(F)(F)F)CC3)cc2)cc(-n2cc(-c3cccc(F)c3)nn2)c1. The topological polar surface area (TPSA) is 77.3 Å². The van der Waals surface area contributed by atoms with Crippen molar-refractivity contribution < 1.29 is 31.9 Å². The predicted molar refractivity (Wildman–Crippen MR) is 138 cm³/mol. The van der Waals surface area contributed by atoms with Gasteiger partial charge >= 0.3 is 18.1 Å². The van der Waals surface area contributed by atoms with Gasteiger partial charge < -0.3 is 9.64 Å². The summed E-state index contributed by atoms with van der Waals surface area (Å²) in [5.41, 5.74) is 4.31. The van der Waals surface area contributed by atoms with E-state index >= 15 is 0 Å². The summed E-state index contributed by atoms with van der Waals surface area (Å²) in [4.78, 5) is 24.8. The van der Waals surface area contributed by atoms with E-state index in [-0.39, 0.29) is 19.0 Å². The fourth-order valence-electron chi connectivity index (χ4n) is 4.86. The summed E-state index contributed by atoms with van der Waals surface area (Å²) in [6.45, 7) is 0.0929. The van der Waals surface area contributed by atoms with Gasteiger partial charge in [0.2, 0.25) is 0 Å². The molecule has 11 heteroatoms. The van der Waals surface area contributed by atoms with Crippen LogP contribution in [-0.2, 0) is 9.53 Å². The molecule has 40 heavy (non-hydrogen) atoms. The summed E-state index contributed by atoms with van der Waals surface area (Å²) in [5.74, 6) is -2.70. The average molecular weight is 553 g/mol. The molecule has 1 aromatic heterocycles. The van der Waals surface area contributed by atoms with Gasteiger partial charge in [-0.05, 0) is 65.8 Å². The van der Waals surface area contributed by atoms with Gasteiger partial charge in [-0.3, -0.25) is 4.79 Å². The number of hydrogen-bond acceptors (Lipinski definition) is 5. The molecule has 0 radical (unpaired) electrons. The van der Waals surface area contributed by atoms with E-state index in [1.165, 1.54) is 23.9 Å². The molecule has 0 unspecified atom stereocenters. The Morgan fingerprint density at radius 1 is 0.925 bits per heavy atom. The van der Waals surface area contributed by atoms with Crippen LogP contribution in [0.1, 0.15) is 34.7 Å². The summed E-state index contributed by atoms with van der Waals surface area (Å²) in [6, 6.07) is 18.7. The Kier molecular flexibility index (Phi) is 7.38. The minimum atomic E-state index is -4.86. The number of rotatable bonds is 5. The second-order valence-electron chi connectivity index (χ2n) is 9.51. The summed E-state index contributed by atoms with van der Waals surface area (Å²) in [7, 11) is 1.29. The van der Waals surface area contributed by atoms with Crippen molar-refractivity contribution >= 4 is 11.9 Å². The Hall–Kier alpha value is -4.54. The molecular formula is C29H24F4N4O3. The second kappa shape index (κ2) is 10.9. The van der Waals surface area contributed by atoms with Crippen molar-refractivity contribution in [3.8, 4) is 28.1 Å². The molecule has 2 heterocycles. The molecule has 7 nitrogen and oxygen atoms in total. The largest absolute Gasteiger partial charge is 0.471 e. The fraction of sp³-hybridized carbons (Fsp3) is 0.241. The maximum absolute atomic E-state index is 13.7. The van der Waals surface area contributed by atoms with E-state index in [1.807, 2.05) is 30.3 Å². The number of aromatic nitrogens is 3. The highest BCUT2D eigenvalue weighted by Crippen LogP contribution is 2.32. The van der Waals surface area contributed by atoms with E-state index in [4.69, 9.17) is 4.74 Å². The Morgan fingerprint density at radius 2 is 1.65 bits per heavy atom. The molecule has 4 aromatic rings. The lowest BCUT2D eigenvalue weighted by Crippen LogP contribution is -2.45. The van der Waals surface area contributed by atoms with Crippen molar-refractivity contribution in [3.63, 3.8) is 0 Å². The molecule has 5 rings (SSSR count). The molecule has 0 N–H and O–H groups in total. The van der Waals surface area contributed by atoms with Crippen LogP contribution in [0.15, 0.2) is 72.9 Å². The first-order chi connectivity index (χ1) is 19.1. The first-order valence-electron chi connectivity index (χ1n) is 12.5. The molecule has 0 bridgehead atoms. The standard InChI is InChI=1S/C29H24F4N4O3/c1-40-27(38)23-13-22(15-25(16-23)37-17-26(34-35-37)21-3-2-4-24(30)14-21)19-7-5-18(6-8-19)20-9-11-36(12-10-20)28(39)29(31,32)33/h2-8,13-17,20H,9-12H2,1H3. The van der Waals surface area contributed by atoms with E-state index < -0.39 is 23.9 Å². The quantitative estimate of drug-likeness (QED) is 0.231. The number of carbonyl (C=O) groups is 2. The van der Waals surface area contributed by atoms with E-state index in [0.717, 1.165) is 16.0 Å². The van der Waals surface area contributed by atoms with E-state index in [0.29, 0.717) is 40.9 Å². The van der Waals surface area contributed by atoms with Gasteiger partial charge in [0, 0.05) is 18.7 Å². The fourth-order valence-corrected chi connectivity index (χ4v) is 4.86. The van der Waals surface area contributed by atoms with Crippen LogP contribution in [0.25, 0.3) is 28.1 Å². The van der Waals surface area contributed by atoms with Crippen LogP contribution in [-0.4, -0.2) is 58.1 Å². The number of likely N-dealkylation sites (tertiary alicyclic amines) is 1. The molecule has 0 spiro atoms. The minimum Gasteiger partial charge on any atom is -0.465 e. The Morgan fingerprint density at radius 3 is 2.30 bits per heavy atom. The average Bonchev–Trinajstić information content (AvgIpc) is 3.46. The number of nitrogens with zero attached hydrogens (tertiary/aromatic N) is 4. The molecule has 3 aromatic carbocycles. The monoisotopic (exact) mass is 552 g/mol. The van der Waals surface area contributed by atoms with Crippen LogP contribution in [0.3, 0.4) is 0 Å². The van der Waals surface area contributed by atoms with Crippen molar-refractivity contribution in [1.29, 1.82) is 0 Å². The Labute approximate surface area is 227 Å². The first-order valence-corrected chi connectivity index (χ1v) is 12.5. The number of ether oxygens (including phenoxy) is 1. The third-order valence-corrected chi connectivity index (χ3v) is 6.96. The number of carbonyl (C=O) groups excluding carboxylic acids is 2. The van der Waals surface area contributed by atoms with Gasteiger partial charge in [-0.25, -0.2) is 13.9 Å². The van der Waals surface area contributed by atoms with E-state index in [2.05, 4.69) is 10.3 Å². The van der Waals surface area contributed by atoms with Crippen molar-refractivity contribution in [2.24, 2.45) is 0 Å². The van der Waals surface area contributed by atoms with Crippen molar-refractivity contribution in [1.82, 2.24) is 19.9 Å². The van der Waals surface area contributed by atoms with Crippen LogP contribution in [0.5, 0.6) is 0 Å². The Balaban J connectivity index is 1.39. The highest BCUT2D eigenvalue weighted by molar-refractivity contribution is 5.92. The molecule has 206 valence electrons. The summed E-state index contributed by atoms with van der Waals surface area (Å²) >= 11 is 0. The van der Waals surface area contributed by atoms with Gasteiger partial charge in [-0.2, -0.15) is 13.2 Å². The van der Waals surface area contributed by atoms with Crippen LogP contribution in [0.4, 0.5) is 17.6 Å². The third kappa shape index (κ3) is 5.73. The summed E-state index contributed by atoms with van der Waals surface area (Å²) in [5, 5.41) is 8.29. The van der Waals surface area contributed by atoms with E-state index in [1.54, 1.807) is 30.5 Å². The molecule has 1 aliphatic rings. The van der Waals surface area contributed by atoms with E-state index in [9.17, 15) is 27.2 Å². The van der Waals surface area contributed by atoms with Crippen LogP contribution in [0.2, 0.25) is 0 Å². The molecule has 1 aliphatic heterocycles. The number of benzene rings is 3. The zero-order valence-electron chi connectivity index (χ0n) is 21.4. The lowest BCUT2D eigenvalue weighted by Gasteiger charge is -2.32. The van der Waals surface area contributed by atoms with Crippen LogP contribution in [0, 0.1) is 5.82 Å². The molecule has 1 fully saturated rings. The smallest absolute Gasteiger partial charge is 0.465 e. The summed E-state index contributed by atoms with van der Waals surface area (Å²) < 4.78 is 58.3. The number of methoxy groups -OCH3 is 1. The molecule has 0 atom stereocenters. The minimum absolute atomic E-state index is 0.0275. The van der Waals surface area contributed by atoms with Gasteiger partial charge in [-0.15, -0.1) is 5.10 Å². The lowest BCUT2D eigenvalue weighted by atomic mass is 9.88. The predicted octanol–water partition coefficient (Wildman–Crippen LogP) is 5.80. The molecule has 0 saturated carbocycles. The van der Waals surface area contributed by atoms with Gasteiger partial charge in [0.15, 0.2) is 0 Å².